The Morgan fingerprint density at radius 3 is 2.76 bits per heavy atom. The number of carboxylic acids is 1. The molecule has 0 saturated carbocycles. The number of aliphatic carboxylic acids is 1. The Morgan fingerprint density at radius 2 is 2.10 bits per heavy atom. The summed E-state index contributed by atoms with van der Waals surface area (Å²) in [6.45, 7) is 0. The van der Waals surface area contributed by atoms with Crippen molar-refractivity contribution in [3.63, 3.8) is 0 Å². The van der Waals surface area contributed by atoms with E-state index in [1.54, 1.807) is 16.3 Å². The molecule has 1 aliphatic heterocycles. The van der Waals surface area contributed by atoms with Crippen LogP contribution in [-0.4, -0.2) is 53.9 Å². The number of amides is 1. The van der Waals surface area contributed by atoms with Crippen molar-refractivity contribution in [2.24, 2.45) is 7.05 Å². The Balaban J connectivity index is 1.98. The highest BCUT2D eigenvalue weighted by Crippen LogP contribution is 2.25. The summed E-state index contributed by atoms with van der Waals surface area (Å²) >= 11 is 1.44. The topological polar surface area (TPSA) is 80.4 Å². The van der Waals surface area contributed by atoms with Crippen LogP contribution in [0.15, 0.2) is 30.7 Å². The number of aromatic nitrogens is 3. The van der Waals surface area contributed by atoms with Gasteiger partial charge in [-0.15, -0.1) is 11.8 Å². The number of carboxylic acid groups (broad SMARTS) is 1. The first-order chi connectivity index (χ1) is 10.1. The summed E-state index contributed by atoms with van der Waals surface area (Å²) in [4.78, 5) is 25.3. The minimum Gasteiger partial charge on any atom is -0.480 e. The number of carbonyl (C=O) groups is 2. The van der Waals surface area contributed by atoms with E-state index >= 15 is 0 Å². The van der Waals surface area contributed by atoms with E-state index in [1.165, 1.54) is 22.9 Å². The summed E-state index contributed by atoms with van der Waals surface area (Å²) in [5.41, 5.74) is 0.405. The Hall–Kier alpha value is -2.22. The number of carbonyl (C=O) groups excluding carboxylic acids is 1. The van der Waals surface area contributed by atoms with Crippen molar-refractivity contribution >= 4 is 23.6 Å². The lowest BCUT2D eigenvalue weighted by molar-refractivity contribution is -0.140. The predicted molar refractivity (Wildman–Crippen MR) is 77.5 cm³/mol. The van der Waals surface area contributed by atoms with Crippen molar-refractivity contribution < 1.29 is 14.7 Å². The Labute approximate surface area is 125 Å². The second-order valence-electron chi connectivity index (χ2n) is 4.72. The van der Waals surface area contributed by atoms with Crippen LogP contribution in [0.25, 0.3) is 5.82 Å². The van der Waals surface area contributed by atoms with Gasteiger partial charge in [0, 0.05) is 25.2 Å². The largest absolute Gasteiger partial charge is 0.480 e. The number of hydrogen-bond donors (Lipinski definition) is 1. The fourth-order valence-corrected chi connectivity index (χ4v) is 3.51. The molecule has 110 valence electrons. The Morgan fingerprint density at radius 1 is 1.38 bits per heavy atom. The smallest absolute Gasteiger partial charge is 0.327 e. The van der Waals surface area contributed by atoms with Crippen LogP contribution in [0, 0.1) is 0 Å². The number of nitrogens with zero attached hydrogens (tertiary/aromatic N) is 4. The molecule has 1 amide bonds. The first kappa shape index (κ1) is 13.7. The quantitative estimate of drug-likeness (QED) is 0.907. The van der Waals surface area contributed by atoms with Gasteiger partial charge in [-0.25, -0.2) is 4.79 Å². The third kappa shape index (κ3) is 2.31. The van der Waals surface area contributed by atoms with Gasteiger partial charge in [-0.2, -0.15) is 5.10 Å². The van der Waals surface area contributed by atoms with E-state index in [1.807, 2.05) is 24.5 Å². The van der Waals surface area contributed by atoms with Crippen LogP contribution >= 0.6 is 11.8 Å². The number of aryl methyl sites for hydroxylation is 1. The molecule has 2 aromatic heterocycles. The highest BCUT2D eigenvalue weighted by atomic mass is 32.2. The lowest BCUT2D eigenvalue weighted by atomic mass is 10.2. The number of rotatable bonds is 3. The molecule has 1 aliphatic rings. The van der Waals surface area contributed by atoms with Crippen LogP contribution in [-0.2, 0) is 11.8 Å². The van der Waals surface area contributed by atoms with Crippen molar-refractivity contribution in [2.75, 3.05) is 11.6 Å². The zero-order valence-corrected chi connectivity index (χ0v) is 12.2. The van der Waals surface area contributed by atoms with E-state index in [0.717, 1.165) is 0 Å². The normalized spacial score (nSPS) is 18.1. The van der Waals surface area contributed by atoms with Gasteiger partial charge >= 0.3 is 5.97 Å². The van der Waals surface area contributed by atoms with Crippen molar-refractivity contribution in [3.05, 3.63) is 36.3 Å². The van der Waals surface area contributed by atoms with Crippen LogP contribution < -0.4 is 0 Å². The van der Waals surface area contributed by atoms with Crippen LogP contribution in [0.5, 0.6) is 0 Å². The maximum absolute atomic E-state index is 12.7. The SMILES string of the molecule is Cn1ncc(C(=O)N2CSCC2C(=O)O)c1-n1cccc1. The molecule has 0 aliphatic carbocycles. The van der Waals surface area contributed by atoms with Crippen LogP contribution in [0.3, 0.4) is 0 Å². The maximum atomic E-state index is 12.7. The van der Waals surface area contributed by atoms with Crippen molar-refractivity contribution in [1.29, 1.82) is 0 Å². The molecule has 0 aromatic carbocycles. The molecule has 1 atom stereocenters. The highest BCUT2D eigenvalue weighted by Gasteiger charge is 2.36. The van der Waals surface area contributed by atoms with Gasteiger partial charge in [-0.3, -0.25) is 9.48 Å². The van der Waals surface area contributed by atoms with E-state index in [9.17, 15) is 14.7 Å². The minimum atomic E-state index is -0.972. The van der Waals surface area contributed by atoms with E-state index in [4.69, 9.17) is 0 Å². The average molecular weight is 306 g/mol. The van der Waals surface area contributed by atoms with Crippen molar-refractivity contribution in [1.82, 2.24) is 19.2 Å². The Kier molecular flexibility index (Phi) is 3.46. The predicted octanol–water partition coefficient (Wildman–Crippen LogP) is 0.810. The zero-order chi connectivity index (χ0) is 15.0. The first-order valence-electron chi connectivity index (χ1n) is 6.36. The lowest BCUT2D eigenvalue weighted by Gasteiger charge is -2.20. The summed E-state index contributed by atoms with van der Waals surface area (Å²) in [5, 5.41) is 13.3. The fraction of sp³-hybridized carbons (Fsp3) is 0.308. The third-order valence-electron chi connectivity index (χ3n) is 3.42. The summed E-state index contributed by atoms with van der Waals surface area (Å²) < 4.78 is 3.39. The molecule has 8 heteroatoms. The lowest BCUT2D eigenvalue weighted by Crippen LogP contribution is -2.42. The van der Waals surface area contributed by atoms with E-state index in [0.29, 0.717) is 23.0 Å². The zero-order valence-electron chi connectivity index (χ0n) is 11.3. The summed E-state index contributed by atoms with van der Waals surface area (Å²) in [6, 6.07) is 2.93. The number of thioether (sulfide) groups is 1. The second kappa shape index (κ2) is 5.28. The van der Waals surface area contributed by atoms with Gasteiger partial charge in [0.2, 0.25) is 0 Å². The molecule has 21 heavy (non-hydrogen) atoms. The first-order valence-corrected chi connectivity index (χ1v) is 7.52. The van der Waals surface area contributed by atoms with Crippen molar-refractivity contribution in [3.8, 4) is 5.82 Å². The van der Waals surface area contributed by atoms with Gasteiger partial charge in [0.1, 0.15) is 17.4 Å². The molecular weight excluding hydrogens is 292 g/mol. The molecule has 7 nitrogen and oxygen atoms in total. The summed E-state index contributed by atoms with van der Waals surface area (Å²) in [7, 11) is 1.75. The van der Waals surface area contributed by atoms with Crippen LogP contribution in [0.1, 0.15) is 10.4 Å². The van der Waals surface area contributed by atoms with Crippen LogP contribution in [0.4, 0.5) is 0 Å². The minimum absolute atomic E-state index is 0.302. The van der Waals surface area contributed by atoms with Crippen LogP contribution in [0.2, 0.25) is 0 Å². The molecule has 0 bridgehead atoms. The van der Waals surface area contributed by atoms with E-state index in [2.05, 4.69) is 5.10 Å². The van der Waals surface area contributed by atoms with E-state index < -0.39 is 12.0 Å². The monoisotopic (exact) mass is 306 g/mol. The van der Waals surface area contributed by atoms with Gasteiger partial charge in [-0.1, -0.05) is 0 Å². The average Bonchev–Trinajstić information content (AvgIpc) is 3.17. The highest BCUT2D eigenvalue weighted by molar-refractivity contribution is 7.99. The van der Waals surface area contributed by atoms with Gasteiger partial charge in [0.15, 0.2) is 0 Å². The van der Waals surface area contributed by atoms with Gasteiger partial charge in [0.25, 0.3) is 5.91 Å². The molecule has 3 heterocycles. The molecule has 0 spiro atoms. The summed E-state index contributed by atoms with van der Waals surface area (Å²) in [5.74, 6) is 0.158. The molecule has 1 fully saturated rings. The standard InChI is InChI=1S/C13H14N4O3S/c1-15-11(16-4-2-3-5-16)9(6-14-15)12(18)17-8-21-7-10(17)13(19)20/h2-6,10H,7-8H2,1H3,(H,19,20). The van der Waals surface area contributed by atoms with Gasteiger partial charge in [-0.05, 0) is 12.1 Å². The van der Waals surface area contributed by atoms with Crippen molar-refractivity contribution in [2.45, 2.75) is 6.04 Å². The van der Waals surface area contributed by atoms with Gasteiger partial charge < -0.3 is 14.6 Å². The molecule has 1 saturated heterocycles. The summed E-state index contributed by atoms with van der Waals surface area (Å²) in [6.07, 6.45) is 5.13. The molecule has 1 unspecified atom stereocenters. The fourth-order valence-electron chi connectivity index (χ4n) is 2.37. The second-order valence-corrected chi connectivity index (χ2v) is 5.72. The third-order valence-corrected chi connectivity index (χ3v) is 4.43. The molecule has 0 radical (unpaired) electrons. The van der Waals surface area contributed by atoms with E-state index in [-0.39, 0.29) is 5.91 Å². The maximum Gasteiger partial charge on any atom is 0.327 e. The number of hydrogen-bond acceptors (Lipinski definition) is 4. The molecule has 1 N–H and O–H groups in total. The van der Waals surface area contributed by atoms with Gasteiger partial charge in [0.05, 0.1) is 12.1 Å². The molecule has 3 rings (SSSR count). The molecule has 2 aromatic rings. The molecular formula is C13H14N4O3S. The Bertz CT molecular complexity index is 680.